The number of β-amino-alcohol motifs (C(OH)–C–C–N with tert-alkyl or cyclic N) is 1. The molecule has 2 aromatic rings. The standard InChI is InChI=1S/C21H30N4O3S/c1-15-7-4-5-10-20(15)23-21(26)14-24-12-16(2)25(17(3)13-24)29(27,28)19-9-6-8-18(22)11-19/h4-11,16-17,21,23,26H,12-14,22H2,1-3H3/t16-,17+,21?. The zero-order valence-electron chi connectivity index (χ0n) is 17.1. The number of hydrogen-bond donors (Lipinski definition) is 3. The number of para-hydroxylation sites is 1. The first-order valence-corrected chi connectivity index (χ1v) is 11.2. The zero-order valence-corrected chi connectivity index (χ0v) is 17.9. The molecule has 0 aliphatic carbocycles. The molecule has 1 aliphatic heterocycles. The van der Waals surface area contributed by atoms with Crippen molar-refractivity contribution in [3.8, 4) is 0 Å². The number of piperazine rings is 1. The molecule has 1 aliphatic rings. The van der Waals surface area contributed by atoms with Crippen LogP contribution in [0.25, 0.3) is 0 Å². The maximum Gasteiger partial charge on any atom is 0.243 e. The minimum Gasteiger partial charge on any atom is -0.399 e. The number of rotatable bonds is 6. The molecule has 0 aromatic heterocycles. The maximum atomic E-state index is 13.2. The van der Waals surface area contributed by atoms with Crippen molar-refractivity contribution in [1.29, 1.82) is 0 Å². The van der Waals surface area contributed by atoms with Gasteiger partial charge in [-0.3, -0.25) is 4.90 Å². The van der Waals surface area contributed by atoms with Crippen LogP contribution in [0.3, 0.4) is 0 Å². The lowest BCUT2D eigenvalue weighted by molar-refractivity contribution is 0.0632. The number of nitrogens with zero attached hydrogens (tertiary/aromatic N) is 2. The van der Waals surface area contributed by atoms with E-state index in [2.05, 4.69) is 10.2 Å². The van der Waals surface area contributed by atoms with Crippen LogP contribution in [-0.4, -0.2) is 60.7 Å². The molecule has 29 heavy (non-hydrogen) atoms. The van der Waals surface area contributed by atoms with Gasteiger partial charge in [-0.2, -0.15) is 4.31 Å². The number of benzene rings is 2. The van der Waals surface area contributed by atoms with Crippen molar-refractivity contribution in [1.82, 2.24) is 9.21 Å². The molecule has 1 saturated heterocycles. The number of anilines is 2. The van der Waals surface area contributed by atoms with E-state index in [0.717, 1.165) is 11.3 Å². The van der Waals surface area contributed by atoms with E-state index in [4.69, 9.17) is 5.73 Å². The molecule has 0 amide bonds. The molecule has 7 nitrogen and oxygen atoms in total. The summed E-state index contributed by atoms with van der Waals surface area (Å²) in [5.41, 5.74) is 8.16. The number of aliphatic hydroxyl groups is 1. The second-order valence-electron chi connectivity index (χ2n) is 7.80. The van der Waals surface area contributed by atoms with E-state index in [-0.39, 0.29) is 17.0 Å². The van der Waals surface area contributed by atoms with Crippen molar-refractivity contribution in [2.24, 2.45) is 0 Å². The fraction of sp³-hybridized carbons (Fsp3) is 0.429. The Morgan fingerprint density at radius 2 is 1.79 bits per heavy atom. The van der Waals surface area contributed by atoms with E-state index in [1.54, 1.807) is 22.5 Å². The third-order valence-corrected chi connectivity index (χ3v) is 7.37. The summed E-state index contributed by atoms with van der Waals surface area (Å²) in [6.45, 7) is 7.27. The molecule has 1 fully saturated rings. The molecule has 2 aromatic carbocycles. The van der Waals surface area contributed by atoms with Gasteiger partial charge in [-0.25, -0.2) is 8.42 Å². The molecule has 158 valence electrons. The predicted octanol–water partition coefficient (Wildman–Crippen LogP) is 2.09. The minimum atomic E-state index is -3.64. The van der Waals surface area contributed by atoms with E-state index < -0.39 is 16.3 Å². The molecular weight excluding hydrogens is 388 g/mol. The highest BCUT2D eigenvalue weighted by Gasteiger charge is 2.38. The minimum absolute atomic E-state index is 0.214. The molecule has 0 saturated carbocycles. The highest BCUT2D eigenvalue weighted by molar-refractivity contribution is 7.89. The van der Waals surface area contributed by atoms with Gasteiger partial charge in [0.15, 0.2) is 0 Å². The average Bonchev–Trinajstić information content (AvgIpc) is 2.63. The van der Waals surface area contributed by atoms with Gasteiger partial charge in [-0.1, -0.05) is 24.3 Å². The lowest BCUT2D eigenvalue weighted by Crippen LogP contribution is -2.59. The van der Waals surface area contributed by atoms with E-state index in [1.165, 1.54) is 6.07 Å². The maximum absolute atomic E-state index is 13.2. The third kappa shape index (κ3) is 4.90. The smallest absolute Gasteiger partial charge is 0.243 e. The topological polar surface area (TPSA) is 98.9 Å². The van der Waals surface area contributed by atoms with E-state index >= 15 is 0 Å². The monoisotopic (exact) mass is 418 g/mol. The van der Waals surface area contributed by atoms with Gasteiger partial charge >= 0.3 is 0 Å². The molecule has 0 bridgehead atoms. The summed E-state index contributed by atoms with van der Waals surface area (Å²) in [7, 11) is -3.64. The van der Waals surface area contributed by atoms with Crippen LogP contribution in [0.1, 0.15) is 19.4 Å². The van der Waals surface area contributed by atoms with Crippen LogP contribution in [0, 0.1) is 6.92 Å². The predicted molar refractivity (Wildman–Crippen MR) is 116 cm³/mol. The van der Waals surface area contributed by atoms with Gasteiger partial charge in [-0.05, 0) is 50.6 Å². The second kappa shape index (κ2) is 8.71. The molecule has 0 radical (unpaired) electrons. The highest BCUT2D eigenvalue weighted by atomic mass is 32.2. The van der Waals surface area contributed by atoms with E-state index in [0.29, 0.717) is 25.3 Å². The van der Waals surface area contributed by atoms with Crippen molar-refractivity contribution >= 4 is 21.4 Å². The first-order chi connectivity index (χ1) is 13.7. The molecule has 3 atom stereocenters. The fourth-order valence-electron chi connectivity index (χ4n) is 4.04. The SMILES string of the molecule is Cc1ccccc1NC(O)CN1C[C@@H](C)N(S(=O)(=O)c2cccc(N)c2)[C@@H](C)C1. The van der Waals surface area contributed by atoms with Crippen molar-refractivity contribution in [3.05, 3.63) is 54.1 Å². The first kappa shape index (κ1) is 21.6. The van der Waals surface area contributed by atoms with Gasteiger partial charge in [0.2, 0.25) is 10.0 Å². The van der Waals surface area contributed by atoms with E-state index in [9.17, 15) is 13.5 Å². The Balaban J connectivity index is 1.67. The number of hydrogen-bond acceptors (Lipinski definition) is 6. The van der Waals surface area contributed by atoms with Gasteiger partial charge in [-0.15, -0.1) is 0 Å². The molecule has 4 N–H and O–H groups in total. The Morgan fingerprint density at radius 1 is 1.14 bits per heavy atom. The normalized spacial score (nSPS) is 22.3. The van der Waals surface area contributed by atoms with Crippen LogP contribution in [0.15, 0.2) is 53.4 Å². The van der Waals surface area contributed by atoms with Crippen molar-refractivity contribution in [3.63, 3.8) is 0 Å². The quantitative estimate of drug-likeness (QED) is 0.491. The van der Waals surface area contributed by atoms with Crippen LogP contribution in [-0.2, 0) is 10.0 Å². The van der Waals surface area contributed by atoms with Gasteiger partial charge in [0, 0.05) is 43.1 Å². The molecule has 3 rings (SSSR count). The molecule has 1 unspecified atom stereocenters. The summed E-state index contributed by atoms with van der Waals surface area (Å²) in [6.07, 6.45) is -0.743. The zero-order chi connectivity index (χ0) is 21.2. The Hall–Kier alpha value is -2.13. The number of aliphatic hydroxyl groups excluding tert-OH is 1. The van der Waals surface area contributed by atoms with Gasteiger partial charge in [0.25, 0.3) is 0 Å². The Kier molecular flexibility index (Phi) is 6.48. The largest absolute Gasteiger partial charge is 0.399 e. The third-order valence-electron chi connectivity index (χ3n) is 5.25. The van der Waals surface area contributed by atoms with E-state index in [1.807, 2.05) is 45.0 Å². The summed E-state index contributed by atoms with van der Waals surface area (Å²) in [5.74, 6) is 0. The Labute approximate surface area is 173 Å². The number of nitrogens with one attached hydrogen (secondary N) is 1. The number of aryl methyl sites for hydroxylation is 1. The van der Waals surface area contributed by atoms with Crippen LogP contribution >= 0.6 is 0 Å². The number of nitrogens with two attached hydrogens (primary N) is 1. The molecule has 0 spiro atoms. The molecule has 8 heteroatoms. The average molecular weight is 419 g/mol. The summed E-state index contributed by atoms with van der Waals surface area (Å²) >= 11 is 0. The Bertz CT molecular complexity index is 938. The van der Waals surface area contributed by atoms with Crippen LogP contribution in [0.2, 0.25) is 0 Å². The summed E-state index contributed by atoms with van der Waals surface area (Å²) < 4.78 is 27.9. The van der Waals surface area contributed by atoms with Gasteiger partial charge in [0.1, 0.15) is 6.23 Å². The lowest BCUT2D eigenvalue weighted by atomic mass is 10.1. The molecular formula is C21H30N4O3S. The lowest BCUT2D eigenvalue weighted by Gasteiger charge is -2.43. The number of sulfonamides is 1. The first-order valence-electron chi connectivity index (χ1n) is 9.80. The summed E-state index contributed by atoms with van der Waals surface area (Å²) in [4.78, 5) is 2.31. The van der Waals surface area contributed by atoms with Gasteiger partial charge in [0.05, 0.1) is 4.90 Å². The van der Waals surface area contributed by atoms with Gasteiger partial charge < -0.3 is 16.2 Å². The summed E-state index contributed by atoms with van der Waals surface area (Å²) in [6, 6.07) is 13.7. The van der Waals surface area contributed by atoms with Crippen LogP contribution in [0.5, 0.6) is 0 Å². The molecule has 1 heterocycles. The highest BCUT2D eigenvalue weighted by Crippen LogP contribution is 2.26. The second-order valence-corrected chi connectivity index (χ2v) is 9.64. The fourth-order valence-corrected chi connectivity index (χ4v) is 5.90. The Morgan fingerprint density at radius 3 is 2.41 bits per heavy atom. The van der Waals surface area contributed by atoms with Crippen molar-refractivity contribution in [2.75, 3.05) is 30.7 Å². The van der Waals surface area contributed by atoms with Crippen LogP contribution in [0.4, 0.5) is 11.4 Å². The summed E-state index contributed by atoms with van der Waals surface area (Å²) in [5, 5.41) is 13.6. The van der Waals surface area contributed by atoms with Crippen molar-refractivity contribution in [2.45, 2.75) is 44.0 Å². The van der Waals surface area contributed by atoms with Crippen molar-refractivity contribution < 1.29 is 13.5 Å². The number of nitrogen functional groups attached to an aromatic ring is 1. The van der Waals surface area contributed by atoms with Crippen LogP contribution < -0.4 is 11.1 Å².